The van der Waals surface area contributed by atoms with Crippen LogP contribution in [-0.2, 0) is 10.0 Å². The summed E-state index contributed by atoms with van der Waals surface area (Å²) in [6.07, 6.45) is 0.969. The molecule has 0 aromatic heterocycles. The van der Waals surface area contributed by atoms with Crippen molar-refractivity contribution in [3.8, 4) is 0 Å². The Morgan fingerprint density at radius 3 is 2.76 bits per heavy atom. The van der Waals surface area contributed by atoms with E-state index in [1.54, 1.807) is 0 Å². The molecule has 0 saturated carbocycles. The van der Waals surface area contributed by atoms with Gasteiger partial charge < -0.3 is 10.6 Å². The van der Waals surface area contributed by atoms with Crippen LogP contribution in [0.2, 0.25) is 0 Å². The van der Waals surface area contributed by atoms with Crippen LogP contribution in [0.25, 0.3) is 0 Å². The Morgan fingerprint density at radius 1 is 1.48 bits per heavy atom. The van der Waals surface area contributed by atoms with Gasteiger partial charge in [0.15, 0.2) is 0 Å². The molecule has 2 rings (SSSR count). The number of benzene rings is 1. The molecule has 0 radical (unpaired) electrons. The van der Waals surface area contributed by atoms with Crippen LogP contribution >= 0.6 is 0 Å². The predicted molar refractivity (Wildman–Crippen MR) is 80.8 cm³/mol. The number of anilines is 1. The lowest BCUT2D eigenvalue weighted by molar-refractivity contribution is 0.265. The van der Waals surface area contributed by atoms with Crippen molar-refractivity contribution in [3.63, 3.8) is 0 Å². The van der Waals surface area contributed by atoms with Gasteiger partial charge >= 0.3 is 0 Å². The fourth-order valence-electron chi connectivity index (χ4n) is 2.48. The summed E-state index contributed by atoms with van der Waals surface area (Å²) < 4.78 is 40.2. The Balaban J connectivity index is 1.97. The van der Waals surface area contributed by atoms with Crippen LogP contribution < -0.4 is 10.5 Å². The Bertz CT molecular complexity index is 604. The van der Waals surface area contributed by atoms with Crippen molar-refractivity contribution < 1.29 is 12.8 Å². The Labute approximate surface area is 125 Å². The molecular formula is C14H22FN3O2S. The average molecular weight is 315 g/mol. The Morgan fingerprint density at radius 2 is 2.19 bits per heavy atom. The lowest BCUT2D eigenvalue weighted by Gasteiger charge is -2.20. The average Bonchev–Trinajstić information content (AvgIpc) is 2.89. The van der Waals surface area contributed by atoms with Crippen LogP contribution in [0.15, 0.2) is 23.1 Å². The van der Waals surface area contributed by atoms with Crippen molar-refractivity contribution in [3.05, 3.63) is 24.0 Å². The second kappa shape index (κ2) is 6.29. The summed E-state index contributed by atoms with van der Waals surface area (Å²) in [6, 6.07) is 4.00. The molecule has 0 aliphatic carbocycles. The topological polar surface area (TPSA) is 75.4 Å². The van der Waals surface area contributed by atoms with Gasteiger partial charge in [-0.05, 0) is 50.9 Å². The van der Waals surface area contributed by atoms with Gasteiger partial charge in [-0.2, -0.15) is 0 Å². The smallest absolute Gasteiger partial charge is 0.240 e. The molecule has 1 saturated heterocycles. The van der Waals surface area contributed by atoms with Crippen molar-refractivity contribution in [1.82, 2.24) is 9.62 Å². The number of hydrogen-bond donors (Lipinski definition) is 2. The fraction of sp³-hybridized carbons (Fsp3) is 0.571. The molecule has 21 heavy (non-hydrogen) atoms. The summed E-state index contributed by atoms with van der Waals surface area (Å²) in [6.45, 7) is 6.50. The van der Waals surface area contributed by atoms with E-state index in [0.717, 1.165) is 25.6 Å². The summed E-state index contributed by atoms with van der Waals surface area (Å²) in [7, 11) is -3.69. The highest BCUT2D eigenvalue weighted by atomic mass is 32.2. The zero-order valence-electron chi connectivity index (χ0n) is 12.3. The van der Waals surface area contributed by atoms with Gasteiger partial charge in [-0.3, -0.25) is 0 Å². The quantitative estimate of drug-likeness (QED) is 0.806. The maximum Gasteiger partial charge on any atom is 0.240 e. The third-order valence-corrected chi connectivity index (χ3v) is 5.31. The summed E-state index contributed by atoms with van der Waals surface area (Å²) in [5, 5.41) is 0. The molecule has 5 nitrogen and oxygen atoms in total. The molecule has 1 aromatic rings. The lowest BCUT2D eigenvalue weighted by atomic mass is 10.1. The zero-order chi connectivity index (χ0) is 15.6. The minimum absolute atomic E-state index is 0.0580. The highest BCUT2D eigenvalue weighted by Crippen LogP contribution is 2.19. The molecule has 0 amide bonds. The summed E-state index contributed by atoms with van der Waals surface area (Å²) in [5.41, 5.74) is 5.30. The lowest BCUT2D eigenvalue weighted by Crippen LogP contribution is -2.33. The number of nitrogens with one attached hydrogen (secondary N) is 1. The molecule has 1 aromatic carbocycles. The highest BCUT2D eigenvalue weighted by Gasteiger charge is 2.26. The second-order valence-corrected chi connectivity index (χ2v) is 7.55. The number of sulfonamides is 1. The minimum atomic E-state index is -3.69. The van der Waals surface area contributed by atoms with Crippen LogP contribution in [-0.4, -0.2) is 39.0 Å². The van der Waals surface area contributed by atoms with E-state index in [4.69, 9.17) is 5.73 Å². The first-order valence-corrected chi connectivity index (χ1v) is 8.56. The first kappa shape index (κ1) is 16.2. The van der Waals surface area contributed by atoms with Crippen molar-refractivity contribution in [2.24, 2.45) is 5.92 Å². The van der Waals surface area contributed by atoms with Crippen LogP contribution in [0.4, 0.5) is 10.1 Å². The molecule has 1 aliphatic rings. The van der Waals surface area contributed by atoms with E-state index in [0.29, 0.717) is 18.5 Å². The largest absolute Gasteiger partial charge is 0.396 e. The zero-order valence-corrected chi connectivity index (χ0v) is 13.2. The van der Waals surface area contributed by atoms with Crippen LogP contribution in [0.3, 0.4) is 0 Å². The number of nitrogen functional groups attached to an aromatic ring is 1. The standard InChI is InChI=1S/C14H22FN3O2S/c1-10(2)18-6-5-11(9-18)8-17-21(19,20)12-3-4-14(16)13(15)7-12/h3-4,7,10-11,17H,5-6,8-9,16H2,1-2H3. The van der Waals surface area contributed by atoms with E-state index in [1.165, 1.54) is 12.1 Å². The number of likely N-dealkylation sites (tertiary alicyclic amines) is 1. The first-order chi connectivity index (χ1) is 9.79. The Hall–Kier alpha value is -1.18. The van der Waals surface area contributed by atoms with Gasteiger partial charge in [0.05, 0.1) is 10.6 Å². The molecule has 7 heteroatoms. The SMILES string of the molecule is CC(C)N1CCC(CNS(=O)(=O)c2ccc(N)c(F)c2)C1. The number of halogens is 1. The van der Waals surface area contributed by atoms with Crippen LogP contribution in [0.1, 0.15) is 20.3 Å². The van der Waals surface area contributed by atoms with Crippen molar-refractivity contribution >= 4 is 15.7 Å². The van der Waals surface area contributed by atoms with E-state index in [9.17, 15) is 12.8 Å². The van der Waals surface area contributed by atoms with Gasteiger partial charge in [-0.1, -0.05) is 0 Å². The number of nitrogens with two attached hydrogens (primary N) is 1. The van der Waals surface area contributed by atoms with Crippen LogP contribution in [0, 0.1) is 11.7 Å². The van der Waals surface area contributed by atoms with E-state index >= 15 is 0 Å². The molecule has 0 spiro atoms. The van der Waals surface area contributed by atoms with Gasteiger partial charge in [-0.15, -0.1) is 0 Å². The molecule has 1 heterocycles. The van der Waals surface area contributed by atoms with E-state index in [-0.39, 0.29) is 10.6 Å². The first-order valence-electron chi connectivity index (χ1n) is 7.08. The van der Waals surface area contributed by atoms with Gasteiger partial charge in [0.2, 0.25) is 10.0 Å². The normalized spacial score (nSPS) is 20.3. The molecule has 1 fully saturated rings. The summed E-state index contributed by atoms with van der Waals surface area (Å²) >= 11 is 0. The number of rotatable bonds is 5. The Kier molecular flexibility index (Phi) is 4.85. The monoisotopic (exact) mass is 315 g/mol. The molecule has 1 aliphatic heterocycles. The molecule has 1 unspecified atom stereocenters. The van der Waals surface area contributed by atoms with Gasteiger partial charge in [0.25, 0.3) is 0 Å². The van der Waals surface area contributed by atoms with Gasteiger partial charge in [0.1, 0.15) is 5.82 Å². The number of nitrogens with zero attached hydrogens (tertiary/aromatic N) is 1. The van der Waals surface area contributed by atoms with Gasteiger partial charge in [0, 0.05) is 19.1 Å². The predicted octanol–water partition coefficient (Wildman–Crippen LogP) is 1.42. The highest BCUT2D eigenvalue weighted by molar-refractivity contribution is 7.89. The summed E-state index contributed by atoms with van der Waals surface area (Å²) in [5.74, 6) is -0.425. The van der Waals surface area contributed by atoms with E-state index < -0.39 is 15.8 Å². The maximum absolute atomic E-state index is 13.4. The molecule has 0 bridgehead atoms. The van der Waals surface area contributed by atoms with E-state index in [1.807, 2.05) is 0 Å². The van der Waals surface area contributed by atoms with Crippen molar-refractivity contribution in [2.45, 2.75) is 31.2 Å². The van der Waals surface area contributed by atoms with Gasteiger partial charge in [-0.25, -0.2) is 17.5 Å². The number of hydrogen-bond acceptors (Lipinski definition) is 4. The van der Waals surface area contributed by atoms with E-state index in [2.05, 4.69) is 23.5 Å². The fourth-order valence-corrected chi connectivity index (χ4v) is 3.61. The van der Waals surface area contributed by atoms with Crippen molar-refractivity contribution in [2.75, 3.05) is 25.4 Å². The second-order valence-electron chi connectivity index (χ2n) is 5.78. The molecule has 3 N–H and O–H groups in total. The van der Waals surface area contributed by atoms with Crippen LogP contribution in [0.5, 0.6) is 0 Å². The molecule has 1 atom stereocenters. The minimum Gasteiger partial charge on any atom is -0.396 e. The van der Waals surface area contributed by atoms with Crippen molar-refractivity contribution in [1.29, 1.82) is 0 Å². The third-order valence-electron chi connectivity index (χ3n) is 3.89. The molecular weight excluding hydrogens is 293 g/mol. The third kappa shape index (κ3) is 3.93. The summed E-state index contributed by atoms with van der Waals surface area (Å²) in [4.78, 5) is 2.23. The maximum atomic E-state index is 13.4. The molecule has 118 valence electrons.